The number of pyridine rings is 1. The van der Waals surface area contributed by atoms with Crippen molar-refractivity contribution >= 4 is 29.0 Å². The predicted molar refractivity (Wildman–Crippen MR) is 113 cm³/mol. The molecule has 0 spiro atoms. The van der Waals surface area contributed by atoms with Gasteiger partial charge in [-0.25, -0.2) is 19.8 Å². The highest BCUT2D eigenvalue weighted by atomic mass is 32.1. The van der Waals surface area contributed by atoms with Crippen LogP contribution in [0.2, 0.25) is 0 Å². The number of nitrogens with zero attached hydrogens (tertiary/aromatic N) is 4. The average molecular weight is 407 g/mol. The summed E-state index contributed by atoms with van der Waals surface area (Å²) < 4.78 is 0. The van der Waals surface area contributed by atoms with Crippen molar-refractivity contribution in [1.82, 2.24) is 20.0 Å². The predicted octanol–water partition coefficient (Wildman–Crippen LogP) is 4.12. The molecule has 1 aromatic carbocycles. The molecule has 8 heteroatoms. The first kappa shape index (κ1) is 19.1. The molecule has 1 saturated heterocycles. The first-order chi connectivity index (χ1) is 14.0. The molecule has 2 aromatic heterocycles. The van der Waals surface area contributed by atoms with Crippen LogP contribution in [0.3, 0.4) is 0 Å². The number of benzene rings is 1. The number of hydrazine groups is 1. The second kappa shape index (κ2) is 8.00. The van der Waals surface area contributed by atoms with Gasteiger partial charge in [-0.05, 0) is 43.5 Å². The lowest BCUT2D eigenvalue weighted by Crippen LogP contribution is -2.47. The van der Waals surface area contributed by atoms with E-state index >= 15 is 0 Å². The number of rotatable bonds is 3. The molecule has 0 saturated carbocycles. The van der Waals surface area contributed by atoms with Crippen LogP contribution in [0.15, 0.2) is 48.1 Å². The van der Waals surface area contributed by atoms with Crippen molar-refractivity contribution in [1.29, 1.82) is 0 Å². The molecular formula is C21H21N5O2S. The highest BCUT2D eigenvalue weighted by molar-refractivity contribution is 7.13. The molecule has 29 heavy (non-hydrogen) atoms. The normalized spacial score (nSPS) is 13.6. The van der Waals surface area contributed by atoms with E-state index in [-0.39, 0.29) is 11.9 Å². The van der Waals surface area contributed by atoms with Crippen molar-refractivity contribution in [3.05, 3.63) is 64.9 Å². The Morgan fingerprint density at radius 3 is 2.55 bits per heavy atom. The second-order valence-corrected chi connectivity index (χ2v) is 7.74. The molecule has 3 aromatic rings. The summed E-state index contributed by atoms with van der Waals surface area (Å²) in [5.41, 5.74) is 3.94. The van der Waals surface area contributed by atoms with Gasteiger partial charge in [-0.3, -0.25) is 9.78 Å². The lowest BCUT2D eigenvalue weighted by molar-refractivity contribution is 0.0399. The van der Waals surface area contributed by atoms with E-state index in [2.05, 4.69) is 15.3 Å². The number of thiazole rings is 1. The largest absolute Gasteiger partial charge is 0.340 e. The molecule has 0 radical (unpaired) electrons. The molecule has 4 rings (SSSR count). The Labute approximate surface area is 173 Å². The van der Waals surface area contributed by atoms with Crippen LogP contribution in [0, 0.1) is 13.8 Å². The summed E-state index contributed by atoms with van der Waals surface area (Å²) >= 11 is 1.39. The SMILES string of the molecule is Cc1cccc(C)c1NC(=O)N1CCCN1C(=O)c1csc(-c2cccnc2)n1. The molecule has 3 amide bonds. The number of aromatic nitrogens is 2. The first-order valence-electron chi connectivity index (χ1n) is 9.37. The number of hydrogen-bond acceptors (Lipinski definition) is 5. The van der Waals surface area contributed by atoms with Gasteiger partial charge in [-0.15, -0.1) is 11.3 Å². The number of aryl methyl sites for hydroxylation is 2. The minimum Gasteiger partial charge on any atom is -0.306 e. The molecule has 7 nitrogen and oxygen atoms in total. The Morgan fingerprint density at radius 1 is 1.07 bits per heavy atom. The summed E-state index contributed by atoms with van der Waals surface area (Å²) in [5.74, 6) is -0.273. The van der Waals surface area contributed by atoms with Gasteiger partial charge in [0, 0.05) is 42.1 Å². The van der Waals surface area contributed by atoms with Crippen LogP contribution in [-0.2, 0) is 0 Å². The highest BCUT2D eigenvalue weighted by Crippen LogP contribution is 2.25. The zero-order chi connectivity index (χ0) is 20.4. The zero-order valence-electron chi connectivity index (χ0n) is 16.3. The second-order valence-electron chi connectivity index (χ2n) is 6.88. The number of carbonyl (C=O) groups excluding carboxylic acids is 2. The lowest BCUT2D eigenvalue weighted by Gasteiger charge is -2.28. The third-order valence-corrected chi connectivity index (χ3v) is 5.74. The quantitative estimate of drug-likeness (QED) is 0.708. The van der Waals surface area contributed by atoms with Gasteiger partial charge in [0.25, 0.3) is 5.91 Å². The number of nitrogens with one attached hydrogen (secondary N) is 1. The van der Waals surface area contributed by atoms with E-state index in [1.54, 1.807) is 17.8 Å². The number of carbonyl (C=O) groups is 2. The molecule has 0 unspecified atom stereocenters. The van der Waals surface area contributed by atoms with E-state index in [9.17, 15) is 9.59 Å². The molecule has 0 atom stereocenters. The van der Waals surface area contributed by atoms with Crippen LogP contribution in [0.25, 0.3) is 10.6 Å². The van der Waals surface area contributed by atoms with Crippen molar-refractivity contribution in [2.75, 3.05) is 18.4 Å². The molecule has 3 heterocycles. The lowest BCUT2D eigenvalue weighted by atomic mass is 10.1. The fourth-order valence-corrected chi connectivity index (χ4v) is 4.13. The van der Waals surface area contributed by atoms with Crippen LogP contribution in [0.4, 0.5) is 10.5 Å². The number of hydrogen-bond donors (Lipinski definition) is 1. The zero-order valence-corrected chi connectivity index (χ0v) is 17.1. The summed E-state index contributed by atoms with van der Waals surface area (Å²) in [6.45, 7) is 4.87. The maximum Gasteiger partial charge on any atom is 0.340 e. The van der Waals surface area contributed by atoms with E-state index < -0.39 is 0 Å². The summed E-state index contributed by atoms with van der Waals surface area (Å²) in [4.78, 5) is 34.5. The van der Waals surface area contributed by atoms with Crippen molar-refractivity contribution < 1.29 is 9.59 Å². The van der Waals surface area contributed by atoms with Gasteiger partial charge in [0.1, 0.15) is 10.7 Å². The van der Waals surface area contributed by atoms with Crippen molar-refractivity contribution in [3.63, 3.8) is 0 Å². The van der Waals surface area contributed by atoms with Gasteiger partial charge in [-0.2, -0.15) is 0 Å². The van der Waals surface area contributed by atoms with Crippen LogP contribution in [-0.4, -0.2) is 45.0 Å². The summed E-state index contributed by atoms with van der Waals surface area (Å²) in [6.07, 6.45) is 4.14. The third-order valence-electron chi connectivity index (χ3n) is 4.84. The fourth-order valence-electron chi connectivity index (χ4n) is 3.34. The maximum atomic E-state index is 13.0. The van der Waals surface area contributed by atoms with Crippen LogP contribution in [0.5, 0.6) is 0 Å². The maximum absolute atomic E-state index is 13.0. The molecule has 1 N–H and O–H groups in total. The molecular weight excluding hydrogens is 386 g/mol. The highest BCUT2D eigenvalue weighted by Gasteiger charge is 2.33. The molecule has 0 aliphatic carbocycles. The van der Waals surface area contributed by atoms with Crippen LogP contribution < -0.4 is 5.32 Å². The number of urea groups is 1. The smallest absolute Gasteiger partial charge is 0.306 e. The van der Waals surface area contributed by atoms with Crippen LogP contribution in [0.1, 0.15) is 28.0 Å². The topological polar surface area (TPSA) is 78.4 Å². The average Bonchev–Trinajstić information content (AvgIpc) is 3.41. The summed E-state index contributed by atoms with van der Waals surface area (Å²) in [7, 11) is 0. The molecule has 148 valence electrons. The minimum atomic E-state index is -0.309. The molecule has 1 fully saturated rings. The van der Waals surface area contributed by atoms with Gasteiger partial charge < -0.3 is 5.32 Å². The van der Waals surface area contributed by atoms with E-state index in [0.717, 1.165) is 33.8 Å². The molecule has 0 bridgehead atoms. The summed E-state index contributed by atoms with van der Waals surface area (Å²) in [6, 6.07) is 9.28. The van der Waals surface area contributed by atoms with Crippen LogP contribution >= 0.6 is 11.3 Å². The Balaban J connectivity index is 1.52. The van der Waals surface area contributed by atoms with Crippen molar-refractivity contribution in [3.8, 4) is 10.6 Å². The molecule has 1 aliphatic rings. The Kier molecular flexibility index (Phi) is 5.26. The number of anilines is 1. The van der Waals surface area contributed by atoms with Gasteiger partial charge in [0.15, 0.2) is 0 Å². The van der Waals surface area contributed by atoms with Gasteiger partial charge in [0.2, 0.25) is 0 Å². The number of amides is 3. The minimum absolute atomic E-state index is 0.273. The fraction of sp³-hybridized carbons (Fsp3) is 0.238. The van der Waals surface area contributed by atoms with Crippen molar-refractivity contribution in [2.24, 2.45) is 0 Å². The monoisotopic (exact) mass is 407 g/mol. The van der Waals surface area contributed by atoms with Gasteiger partial charge >= 0.3 is 6.03 Å². The van der Waals surface area contributed by atoms with Gasteiger partial charge in [-0.1, -0.05) is 18.2 Å². The number of para-hydroxylation sites is 1. The van der Waals surface area contributed by atoms with E-state index in [1.807, 2.05) is 44.2 Å². The standard InChI is InChI=1S/C21H21N5O2S/c1-14-6-3-7-15(2)18(14)24-21(28)26-11-5-10-25(26)20(27)17-13-29-19(23-17)16-8-4-9-22-12-16/h3-4,6-9,12-13H,5,10-11H2,1-2H3,(H,24,28). The van der Waals surface area contributed by atoms with E-state index in [4.69, 9.17) is 0 Å². The van der Waals surface area contributed by atoms with Gasteiger partial charge in [0.05, 0.1) is 0 Å². The third kappa shape index (κ3) is 3.84. The van der Waals surface area contributed by atoms with E-state index in [1.165, 1.54) is 21.4 Å². The summed E-state index contributed by atoms with van der Waals surface area (Å²) in [5, 5.41) is 8.36. The Bertz CT molecular complexity index is 1030. The molecule has 1 aliphatic heterocycles. The first-order valence-corrected chi connectivity index (χ1v) is 10.2. The van der Waals surface area contributed by atoms with Crippen molar-refractivity contribution in [2.45, 2.75) is 20.3 Å². The van der Waals surface area contributed by atoms with E-state index in [0.29, 0.717) is 18.8 Å². The Hall–Kier alpha value is -3.26. The Morgan fingerprint density at radius 2 is 1.83 bits per heavy atom.